The number of amides is 2. The first-order valence-electron chi connectivity index (χ1n) is 10.5. The molecule has 10 heteroatoms. The third kappa shape index (κ3) is 3.99. The second-order valence-corrected chi connectivity index (χ2v) is 11.7. The lowest BCUT2D eigenvalue weighted by Crippen LogP contribution is -2.37. The van der Waals surface area contributed by atoms with Gasteiger partial charge >= 0.3 is 0 Å². The number of fused-ring (bicyclic) bond motifs is 1. The maximum atomic E-state index is 12.8. The summed E-state index contributed by atoms with van der Waals surface area (Å²) in [7, 11) is -3.22. The van der Waals surface area contributed by atoms with E-state index in [-0.39, 0.29) is 23.5 Å². The summed E-state index contributed by atoms with van der Waals surface area (Å²) in [6.45, 7) is 3.09. The molecule has 3 heterocycles. The summed E-state index contributed by atoms with van der Waals surface area (Å²) < 4.78 is 26.6. The fraction of sp³-hybridized carbons (Fsp3) is 0.476. The van der Waals surface area contributed by atoms with Crippen molar-refractivity contribution in [2.75, 3.05) is 23.3 Å². The summed E-state index contributed by atoms with van der Waals surface area (Å²) >= 11 is 1.33. The number of hydrogen-bond acceptors (Lipinski definition) is 6. The largest absolute Gasteiger partial charge is 0.312 e. The number of hydrogen-bond donors (Lipinski definition) is 1. The van der Waals surface area contributed by atoms with Gasteiger partial charge in [-0.1, -0.05) is 17.7 Å². The number of carbonyl (C=O) groups excluding carboxylic acids is 2. The van der Waals surface area contributed by atoms with Gasteiger partial charge in [0.2, 0.25) is 21.8 Å². The van der Waals surface area contributed by atoms with Crippen LogP contribution < -0.4 is 10.2 Å². The van der Waals surface area contributed by atoms with Crippen molar-refractivity contribution < 1.29 is 18.0 Å². The van der Waals surface area contributed by atoms with Crippen LogP contribution >= 0.6 is 11.3 Å². The van der Waals surface area contributed by atoms with Gasteiger partial charge in [0.1, 0.15) is 0 Å². The number of aromatic nitrogens is 1. The van der Waals surface area contributed by atoms with Crippen molar-refractivity contribution in [3.63, 3.8) is 0 Å². The molecule has 1 saturated carbocycles. The highest BCUT2D eigenvalue weighted by molar-refractivity contribution is 7.90. The molecule has 8 nitrogen and oxygen atoms in total. The van der Waals surface area contributed by atoms with Crippen molar-refractivity contribution in [3.8, 4) is 0 Å². The Morgan fingerprint density at radius 1 is 1.23 bits per heavy atom. The molecule has 1 aliphatic carbocycles. The van der Waals surface area contributed by atoms with E-state index in [1.54, 1.807) is 9.21 Å². The summed E-state index contributed by atoms with van der Waals surface area (Å²) in [5, 5.41) is 3.10. The van der Waals surface area contributed by atoms with E-state index in [0.29, 0.717) is 31.2 Å². The Kier molecular flexibility index (Phi) is 5.10. The van der Waals surface area contributed by atoms with E-state index < -0.39 is 15.9 Å². The molecule has 2 aliphatic heterocycles. The van der Waals surface area contributed by atoms with Gasteiger partial charge in [0.25, 0.3) is 0 Å². The molecule has 1 unspecified atom stereocenters. The van der Waals surface area contributed by atoms with E-state index in [1.807, 2.05) is 31.2 Å². The van der Waals surface area contributed by atoms with Gasteiger partial charge in [0.15, 0.2) is 5.13 Å². The minimum atomic E-state index is -3.22. The van der Waals surface area contributed by atoms with Crippen LogP contribution in [0.25, 0.3) is 0 Å². The van der Waals surface area contributed by atoms with Gasteiger partial charge in [-0.05, 0) is 31.9 Å². The number of aryl methyl sites for hydroxylation is 1. The van der Waals surface area contributed by atoms with E-state index in [0.717, 1.165) is 34.7 Å². The maximum Gasteiger partial charge on any atom is 0.231 e. The molecule has 31 heavy (non-hydrogen) atoms. The zero-order valence-corrected chi connectivity index (χ0v) is 18.8. The fourth-order valence-corrected chi connectivity index (χ4v) is 7.00. The Hall–Kier alpha value is -2.30. The minimum Gasteiger partial charge on any atom is -0.312 e. The smallest absolute Gasteiger partial charge is 0.231 e. The summed E-state index contributed by atoms with van der Waals surface area (Å²) in [5.74, 6) is -0.735. The van der Waals surface area contributed by atoms with Crippen LogP contribution in [-0.2, 0) is 32.6 Å². The SMILES string of the molecule is Cc1ccc(N2CC(C(=O)Nc3nc4c(s3)CN(S(=O)(=O)C3CC3)CC4)CC2=O)cc1. The third-order valence-electron chi connectivity index (χ3n) is 6.07. The first kappa shape index (κ1) is 20.6. The lowest BCUT2D eigenvalue weighted by molar-refractivity contribution is -0.122. The summed E-state index contributed by atoms with van der Waals surface area (Å²) in [4.78, 5) is 32.3. The normalized spacial score (nSPS) is 21.9. The molecule has 1 N–H and O–H groups in total. The zero-order chi connectivity index (χ0) is 21.8. The summed E-state index contributed by atoms with van der Waals surface area (Å²) in [5.41, 5.74) is 2.76. The first-order valence-corrected chi connectivity index (χ1v) is 12.8. The van der Waals surface area contributed by atoms with Crippen LogP contribution in [0, 0.1) is 12.8 Å². The molecule has 1 atom stereocenters. The fourth-order valence-electron chi connectivity index (χ4n) is 4.08. The van der Waals surface area contributed by atoms with Gasteiger partial charge in [0.05, 0.1) is 16.9 Å². The van der Waals surface area contributed by atoms with Crippen LogP contribution in [0.2, 0.25) is 0 Å². The monoisotopic (exact) mass is 460 g/mol. The van der Waals surface area contributed by atoms with Crippen LogP contribution in [0.1, 0.15) is 35.4 Å². The molecule has 1 aromatic carbocycles. The highest BCUT2D eigenvalue weighted by atomic mass is 32.2. The second-order valence-electron chi connectivity index (χ2n) is 8.45. The molecule has 0 radical (unpaired) electrons. The average Bonchev–Trinajstić information content (AvgIpc) is 3.42. The number of nitrogens with one attached hydrogen (secondary N) is 1. The second kappa shape index (κ2) is 7.68. The number of nitrogens with zero attached hydrogens (tertiary/aromatic N) is 3. The molecule has 1 aromatic heterocycles. The van der Waals surface area contributed by atoms with Crippen LogP contribution in [-0.4, -0.2) is 47.9 Å². The van der Waals surface area contributed by atoms with Crippen LogP contribution in [0.15, 0.2) is 24.3 Å². The molecule has 3 aliphatic rings. The molecule has 2 fully saturated rings. The molecular weight excluding hydrogens is 436 g/mol. The van der Waals surface area contributed by atoms with E-state index in [2.05, 4.69) is 10.3 Å². The van der Waals surface area contributed by atoms with Crippen molar-refractivity contribution in [1.29, 1.82) is 0 Å². The topological polar surface area (TPSA) is 99.7 Å². The molecule has 164 valence electrons. The standard InChI is InChI=1S/C21H24N4O4S2/c1-13-2-4-15(5-3-13)25-11-14(10-19(25)26)20(27)23-21-22-17-8-9-24(12-18(17)30-21)31(28,29)16-6-7-16/h2-5,14,16H,6-12H2,1H3,(H,22,23,27). The Balaban J connectivity index is 1.24. The molecule has 2 amide bonds. The number of anilines is 2. The lowest BCUT2D eigenvalue weighted by atomic mass is 10.1. The van der Waals surface area contributed by atoms with Gasteiger partial charge in [-0.15, -0.1) is 11.3 Å². The first-order chi connectivity index (χ1) is 14.8. The van der Waals surface area contributed by atoms with Crippen LogP contribution in [0.3, 0.4) is 0 Å². The van der Waals surface area contributed by atoms with Crippen molar-refractivity contribution in [1.82, 2.24) is 9.29 Å². The lowest BCUT2D eigenvalue weighted by Gasteiger charge is -2.25. The molecule has 2 aromatic rings. The minimum absolute atomic E-state index is 0.0663. The highest BCUT2D eigenvalue weighted by Crippen LogP contribution is 2.36. The predicted molar refractivity (Wildman–Crippen MR) is 118 cm³/mol. The van der Waals surface area contributed by atoms with E-state index in [4.69, 9.17) is 0 Å². The quantitative estimate of drug-likeness (QED) is 0.738. The molecule has 1 saturated heterocycles. The summed E-state index contributed by atoms with van der Waals surface area (Å²) in [6.07, 6.45) is 2.21. The maximum absolute atomic E-state index is 12.8. The van der Waals surface area contributed by atoms with Gasteiger partial charge in [0, 0.05) is 43.0 Å². The Bertz CT molecular complexity index is 1140. The average molecular weight is 461 g/mol. The number of carbonyl (C=O) groups is 2. The van der Waals surface area contributed by atoms with E-state index >= 15 is 0 Å². The molecule has 0 bridgehead atoms. The van der Waals surface area contributed by atoms with Crippen LogP contribution in [0.5, 0.6) is 0 Å². The van der Waals surface area contributed by atoms with Crippen molar-refractivity contribution >= 4 is 44.0 Å². The van der Waals surface area contributed by atoms with Gasteiger partial charge < -0.3 is 10.2 Å². The highest BCUT2D eigenvalue weighted by Gasteiger charge is 2.41. The summed E-state index contributed by atoms with van der Waals surface area (Å²) in [6, 6.07) is 7.68. The van der Waals surface area contributed by atoms with E-state index in [9.17, 15) is 18.0 Å². The number of benzene rings is 1. The Morgan fingerprint density at radius 2 is 1.97 bits per heavy atom. The van der Waals surface area contributed by atoms with Gasteiger partial charge in [-0.3, -0.25) is 9.59 Å². The third-order valence-corrected chi connectivity index (χ3v) is 9.42. The number of thiazole rings is 1. The predicted octanol–water partition coefficient (Wildman–Crippen LogP) is 2.29. The molecule has 5 rings (SSSR count). The molecular formula is C21H24N4O4S2. The number of sulfonamides is 1. The number of rotatable bonds is 5. The Morgan fingerprint density at radius 3 is 2.68 bits per heavy atom. The Labute approximate surface area is 185 Å². The van der Waals surface area contributed by atoms with Gasteiger partial charge in [-0.2, -0.15) is 4.31 Å². The van der Waals surface area contributed by atoms with Crippen molar-refractivity contribution in [3.05, 3.63) is 40.4 Å². The molecule has 0 spiro atoms. The van der Waals surface area contributed by atoms with Crippen molar-refractivity contribution in [2.45, 2.75) is 44.4 Å². The van der Waals surface area contributed by atoms with Crippen molar-refractivity contribution in [2.24, 2.45) is 5.92 Å². The van der Waals surface area contributed by atoms with E-state index in [1.165, 1.54) is 11.3 Å². The van der Waals surface area contributed by atoms with Crippen LogP contribution in [0.4, 0.5) is 10.8 Å². The van der Waals surface area contributed by atoms with Gasteiger partial charge in [-0.25, -0.2) is 13.4 Å². The zero-order valence-electron chi connectivity index (χ0n) is 17.2.